The Hall–Kier alpha value is -2.63. The zero-order valence-corrected chi connectivity index (χ0v) is 13.4. The monoisotopic (exact) mass is 312 g/mol. The Bertz CT molecular complexity index is 723. The second kappa shape index (κ2) is 6.24. The van der Waals surface area contributed by atoms with Crippen LogP contribution in [0.5, 0.6) is 0 Å². The number of carbonyl (C=O) groups is 2. The molecular weight excluding hydrogens is 292 g/mol. The summed E-state index contributed by atoms with van der Waals surface area (Å²) in [6, 6.07) is 9.90. The van der Waals surface area contributed by atoms with E-state index in [0.717, 1.165) is 5.56 Å². The maximum Gasteiger partial charge on any atom is 0.274 e. The number of nitrogens with zero attached hydrogens (tertiary/aromatic N) is 4. The Morgan fingerprint density at radius 1 is 1.09 bits per heavy atom. The molecule has 0 saturated heterocycles. The maximum atomic E-state index is 12.8. The average molecular weight is 312 g/mol. The van der Waals surface area contributed by atoms with E-state index in [2.05, 4.69) is 4.98 Å². The Morgan fingerprint density at radius 2 is 1.83 bits per heavy atom. The summed E-state index contributed by atoms with van der Waals surface area (Å²) >= 11 is 0. The fourth-order valence-electron chi connectivity index (χ4n) is 2.86. The van der Waals surface area contributed by atoms with Crippen LogP contribution >= 0.6 is 0 Å². The van der Waals surface area contributed by atoms with Gasteiger partial charge in [-0.3, -0.25) is 14.5 Å². The first-order valence-corrected chi connectivity index (χ1v) is 7.84. The highest BCUT2D eigenvalue weighted by molar-refractivity contribution is 6.07. The Labute approximate surface area is 135 Å². The number of anilines is 1. The van der Waals surface area contributed by atoms with Crippen molar-refractivity contribution < 1.29 is 9.59 Å². The van der Waals surface area contributed by atoms with Crippen molar-refractivity contribution in [3.05, 3.63) is 47.9 Å². The second-order valence-corrected chi connectivity index (χ2v) is 5.49. The molecule has 1 aromatic carbocycles. The van der Waals surface area contributed by atoms with E-state index < -0.39 is 0 Å². The zero-order valence-electron chi connectivity index (χ0n) is 13.4. The molecule has 0 aliphatic carbocycles. The number of carbonyl (C=O) groups excluding carboxylic acids is 2. The van der Waals surface area contributed by atoms with Gasteiger partial charge in [-0.15, -0.1) is 0 Å². The lowest BCUT2D eigenvalue weighted by Crippen LogP contribution is -2.39. The summed E-state index contributed by atoms with van der Waals surface area (Å²) in [5, 5.41) is 0. The molecule has 0 N–H and O–H groups in total. The van der Waals surface area contributed by atoms with E-state index in [1.54, 1.807) is 16.1 Å². The molecule has 2 amide bonds. The first kappa shape index (κ1) is 15.3. The molecule has 0 fully saturated rings. The second-order valence-electron chi connectivity index (χ2n) is 5.49. The summed E-state index contributed by atoms with van der Waals surface area (Å²) in [6.45, 7) is 5.43. The zero-order chi connectivity index (χ0) is 16.4. The summed E-state index contributed by atoms with van der Waals surface area (Å²) in [5.41, 5.74) is 1.57. The van der Waals surface area contributed by atoms with Crippen molar-refractivity contribution in [3.63, 3.8) is 0 Å². The molecular formula is C17H20N4O2. The number of aromatic nitrogens is 2. The quantitative estimate of drug-likeness (QED) is 0.864. The van der Waals surface area contributed by atoms with Gasteiger partial charge in [-0.2, -0.15) is 0 Å². The van der Waals surface area contributed by atoms with E-state index in [9.17, 15) is 9.59 Å². The molecule has 1 aliphatic rings. The first-order chi connectivity index (χ1) is 11.2. The number of likely N-dealkylation sites (N-methyl/N-ethyl adjacent to an activating group) is 2. The minimum Gasteiger partial charge on any atom is -0.328 e. The molecule has 0 saturated carbocycles. The van der Waals surface area contributed by atoms with Crippen LogP contribution in [0.15, 0.2) is 36.7 Å². The Kier molecular flexibility index (Phi) is 4.14. The van der Waals surface area contributed by atoms with E-state index in [1.807, 2.05) is 48.7 Å². The van der Waals surface area contributed by atoms with Gasteiger partial charge in [0.1, 0.15) is 6.54 Å². The Morgan fingerprint density at radius 3 is 2.48 bits per heavy atom. The van der Waals surface area contributed by atoms with Crippen LogP contribution in [0.2, 0.25) is 0 Å². The lowest BCUT2D eigenvalue weighted by Gasteiger charge is -2.19. The lowest BCUT2D eigenvalue weighted by molar-refractivity contribution is -0.119. The molecule has 6 nitrogen and oxygen atoms in total. The predicted octanol–water partition coefficient (Wildman–Crippen LogP) is 1.76. The molecule has 1 aliphatic heterocycles. The van der Waals surface area contributed by atoms with Gasteiger partial charge in [0, 0.05) is 19.6 Å². The average Bonchev–Trinajstić information content (AvgIpc) is 2.92. The molecule has 0 unspecified atom stereocenters. The number of fused-ring (bicyclic) bond motifs is 1. The molecule has 0 radical (unpaired) electrons. The van der Waals surface area contributed by atoms with Gasteiger partial charge in [0.05, 0.1) is 6.33 Å². The van der Waals surface area contributed by atoms with Crippen LogP contribution < -0.4 is 4.90 Å². The van der Waals surface area contributed by atoms with Crippen molar-refractivity contribution in [2.45, 2.75) is 20.4 Å². The van der Waals surface area contributed by atoms with Gasteiger partial charge in [-0.25, -0.2) is 4.98 Å². The van der Waals surface area contributed by atoms with E-state index in [1.165, 1.54) is 0 Å². The third-order valence-electron chi connectivity index (χ3n) is 4.08. The Balaban J connectivity index is 2.05. The van der Waals surface area contributed by atoms with Crippen LogP contribution in [0.25, 0.3) is 0 Å². The number of amides is 2. The normalized spacial score (nSPS) is 14.9. The van der Waals surface area contributed by atoms with Crippen LogP contribution in [0.4, 0.5) is 5.82 Å². The molecule has 0 atom stereocenters. The fourth-order valence-corrected chi connectivity index (χ4v) is 2.86. The predicted molar refractivity (Wildman–Crippen MR) is 87.4 cm³/mol. The van der Waals surface area contributed by atoms with Crippen LogP contribution in [-0.4, -0.2) is 45.9 Å². The summed E-state index contributed by atoms with van der Waals surface area (Å²) in [6.07, 6.45) is 1.64. The van der Waals surface area contributed by atoms with E-state index >= 15 is 0 Å². The molecule has 1 aromatic heterocycles. The van der Waals surface area contributed by atoms with Crippen LogP contribution in [-0.2, 0) is 11.3 Å². The van der Waals surface area contributed by atoms with Gasteiger partial charge in [0.25, 0.3) is 5.91 Å². The summed E-state index contributed by atoms with van der Waals surface area (Å²) < 4.78 is 1.83. The lowest BCUT2D eigenvalue weighted by atomic mass is 10.2. The van der Waals surface area contributed by atoms with Gasteiger partial charge in [0.2, 0.25) is 5.91 Å². The van der Waals surface area contributed by atoms with Crippen LogP contribution in [0.1, 0.15) is 29.9 Å². The van der Waals surface area contributed by atoms with Crippen molar-refractivity contribution in [1.29, 1.82) is 0 Å². The van der Waals surface area contributed by atoms with E-state index in [-0.39, 0.29) is 18.4 Å². The van der Waals surface area contributed by atoms with E-state index in [0.29, 0.717) is 31.1 Å². The minimum atomic E-state index is -0.139. The van der Waals surface area contributed by atoms with E-state index in [4.69, 9.17) is 0 Å². The van der Waals surface area contributed by atoms with Crippen molar-refractivity contribution in [3.8, 4) is 0 Å². The molecule has 6 heteroatoms. The van der Waals surface area contributed by atoms with Crippen molar-refractivity contribution in [2.75, 3.05) is 24.5 Å². The molecule has 23 heavy (non-hydrogen) atoms. The number of hydrogen-bond donors (Lipinski definition) is 0. The van der Waals surface area contributed by atoms with Crippen molar-refractivity contribution in [2.24, 2.45) is 0 Å². The third kappa shape index (κ3) is 2.72. The van der Waals surface area contributed by atoms with Gasteiger partial charge < -0.3 is 9.47 Å². The molecule has 0 spiro atoms. The largest absolute Gasteiger partial charge is 0.328 e. The summed E-state index contributed by atoms with van der Waals surface area (Å²) in [7, 11) is 0. The van der Waals surface area contributed by atoms with Crippen molar-refractivity contribution in [1.82, 2.24) is 14.5 Å². The highest BCUT2D eigenvalue weighted by atomic mass is 16.2. The summed E-state index contributed by atoms with van der Waals surface area (Å²) in [4.78, 5) is 32.7. The summed E-state index contributed by atoms with van der Waals surface area (Å²) in [5.74, 6) is 0.237. The smallest absolute Gasteiger partial charge is 0.274 e. The van der Waals surface area contributed by atoms with Gasteiger partial charge in [-0.05, 0) is 19.4 Å². The van der Waals surface area contributed by atoms with Crippen molar-refractivity contribution >= 4 is 17.6 Å². The first-order valence-electron chi connectivity index (χ1n) is 7.84. The highest BCUT2D eigenvalue weighted by Gasteiger charge is 2.34. The molecule has 2 heterocycles. The number of hydrogen-bond acceptors (Lipinski definition) is 3. The number of imidazole rings is 1. The molecule has 120 valence electrons. The standard InChI is InChI=1S/C17H20N4O2/c1-3-19-11-14(22)21(4-2)16-15(17(19)23)20(12-18-16)10-13-8-6-5-7-9-13/h5-9,12H,3-4,10-11H2,1-2H3. The molecule has 3 rings (SSSR count). The van der Waals surface area contributed by atoms with Gasteiger partial charge in [0.15, 0.2) is 11.5 Å². The topological polar surface area (TPSA) is 58.4 Å². The molecule has 2 aromatic rings. The van der Waals surface area contributed by atoms with Crippen LogP contribution in [0, 0.1) is 0 Å². The van der Waals surface area contributed by atoms with Gasteiger partial charge >= 0.3 is 0 Å². The maximum absolute atomic E-state index is 12.8. The number of rotatable bonds is 4. The third-order valence-corrected chi connectivity index (χ3v) is 4.08. The SMILES string of the molecule is CCN1CC(=O)N(CC)c2ncn(Cc3ccccc3)c2C1=O. The number of benzene rings is 1. The minimum absolute atomic E-state index is 0.0913. The van der Waals surface area contributed by atoms with Crippen LogP contribution in [0.3, 0.4) is 0 Å². The van der Waals surface area contributed by atoms with Gasteiger partial charge in [-0.1, -0.05) is 30.3 Å². The fraction of sp³-hybridized carbons (Fsp3) is 0.353. The highest BCUT2D eigenvalue weighted by Crippen LogP contribution is 2.25. The molecule has 0 bridgehead atoms.